The zero-order chi connectivity index (χ0) is 18.7. The van der Waals surface area contributed by atoms with E-state index in [4.69, 9.17) is 14.2 Å². The van der Waals surface area contributed by atoms with Crippen LogP contribution in [-0.4, -0.2) is 53.8 Å². The average molecular weight is 360 g/mol. The maximum atomic E-state index is 11.5. The largest absolute Gasteiger partial charge is 0.507 e. The molecule has 0 aromatic heterocycles. The van der Waals surface area contributed by atoms with E-state index in [0.717, 1.165) is 0 Å². The molecule has 3 N–H and O–H groups in total. The maximum absolute atomic E-state index is 11.5. The molecule has 1 saturated heterocycles. The van der Waals surface area contributed by atoms with Gasteiger partial charge in [-0.1, -0.05) is 30.3 Å². The number of rotatable bonds is 5. The Bertz CT molecular complexity index is 767. The number of methoxy groups -OCH3 is 1. The number of hydrogen-bond acceptors (Lipinski definition) is 7. The summed E-state index contributed by atoms with van der Waals surface area (Å²) in [5, 5.41) is 32.8. The van der Waals surface area contributed by atoms with Gasteiger partial charge in [-0.3, -0.25) is 4.79 Å². The average Bonchev–Trinajstić information content (AvgIpc) is 2.68. The molecular formula is C19H20O7. The Morgan fingerprint density at radius 3 is 2.38 bits per heavy atom. The molecule has 1 aliphatic heterocycles. The van der Waals surface area contributed by atoms with Gasteiger partial charge >= 0.3 is 0 Å². The normalized spacial score (nSPS) is 19.0. The molecule has 3 rings (SSSR count). The molecule has 1 aliphatic rings. The van der Waals surface area contributed by atoms with E-state index < -0.39 is 18.0 Å². The minimum Gasteiger partial charge on any atom is -0.507 e. The molecule has 26 heavy (non-hydrogen) atoms. The highest BCUT2D eigenvalue weighted by Crippen LogP contribution is 2.41. The molecule has 0 saturated carbocycles. The number of aliphatic hydroxyl groups is 2. The number of aromatic hydroxyl groups is 1. The number of aliphatic hydroxyl groups excluding tert-OH is 1. The van der Waals surface area contributed by atoms with E-state index in [0.29, 0.717) is 11.3 Å². The first kappa shape index (κ1) is 18.3. The maximum Gasteiger partial charge on any atom is 0.188 e. The quantitative estimate of drug-likeness (QED) is 0.729. The van der Waals surface area contributed by atoms with E-state index in [1.54, 1.807) is 36.4 Å². The molecule has 2 unspecified atom stereocenters. The Balaban J connectivity index is 2.07. The summed E-state index contributed by atoms with van der Waals surface area (Å²) >= 11 is 0. The van der Waals surface area contributed by atoms with E-state index in [1.165, 1.54) is 19.2 Å². The third-order valence-electron chi connectivity index (χ3n) is 4.33. The van der Waals surface area contributed by atoms with Crippen LogP contribution in [0.5, 0.6) is 11.5 Å². The van der Waals surface area contributed by atoms with Gasteiger partial charge in [0.25, 0.3) is 0 Å². The molecule has 0 spiro atoms. The summed E-state index contributed by atoms with van der Waals surface area (Å²) in [6.07, 6.45) is -2.84. The smallest absolute Gasteiger partial charge is 0.188 e. The number of carbonyl (C=O) groups excluding carboxylic acids is 1. The third-order valence-corrected chi connectivity index (χ3v) is 4.33. The summed E-state index contributed by atoms with van der Waals surface area (Å²) in [5.74, 6) is -0.127. The van der Waals surface area contributed by atoms with Crippen LogP contribution in [0, 0.1) is 0 Å². The lowest BCUT2D eigenvalue weighted by Crippen LogP contribution is -2.52. The molecular weight excluding hydrogens is 340 g/mol. The number of phenols is 1. The highest BCUT2D eigenvalue weighted by molar-refractivity contribution is 5.81. The van der Waals surface area contributed by atoms with E-state index in [1.807, 2.05) is 0 Å². The zero-order valence-electron chi connectivity index (χ0n) is 14.2. The first-order chi connectivity index (χ1) is 12.5. The molecule has 0 bridgehead atoms. The van der Waals surface area contributed by atoms with Gasteiger partial charge in [0, 0.05) is 11.6 Å². The van der Waals surface area contributed by atoms with Crippen LogP contribution in [0.15, 0.2) is 48.5 Å². The van der Waals surface area contributed by atoms with Crippen molar-refractivity contribution in [2.45, 2.75) is 18.0 Å². The second-order valence-corrected chi connectivity index (χ2v) is 5.99. The predicted molar refractivity (Wildman–Crippen MR) is 90.8 cm³/mol. The van der Waals surface area contributed by atoms with Crippen molar-refractivity contribution < 1.29 is 34.3 Å². The first-order valence-electron chi connectivity index (χ1n) is 8.05. The molecule has 0 amide bonds. The summed E-state index contributed by atoms with van der Waals surface area (Å²) < 4.78 is 15.5. The molecule has 0 aliphatic carbocycles. The minimum absolute atomic E-state index is 0.0566. The van der Waals surface area contributed by atoms with Crippen molar-refractivity contribution in [1.29, 1.82) is 0 Å². The van der Waals surface area contributed by atoms with Gasteiger partial charge in [0.2, 0.25) is 0 Å². The Labute approximate surface area is 150 Å². The number of phenolic OH excluding ortho intramolecular Hbond substituents is 1. The summed E-state index contributed by atoms with van der Waals surface area (Å²) in [6.45, 7) is -0.442. The van der Waals surface area contributed by atoms with Gasteiger partial charge < -0.3 is 29.5 Å². The molecule has 2 aromatic rings. The third kappa shape index (κ3) is 3.30. The van der Waals surface area contributed by atoms with Crippen LogP contribution in [-0.2, 0) is 19.9 Å². The van der Waals surface area contributed by atoms with Crippen LogP contribution in [0.2, 0.25) is 0 Å². The van der Waals surface area contributed by atoms with Crippen molar-refractivity contribution in [1.82, 2.24) is 0 Å². The van der Waals surface area contributed by atoms with Crippen LogP contribution < -0.4 is 4.74 Å². The molecule has 7 heteroatoms. The summed E-state index contributed by atoms with van der Waals surface area (Å²) in [7, 11) is 1.45. The van der Waals surface area contributed by atoms with E-state index in [-0.39, 0.29) is 30.3 Å². The van der Waals surface area contributed by atoms with Gasteiger partial charge in [0.1, 0.15) is 36.4 Å². The van der Waals surface area contributed by atoms with Crippen molar-refractivity contribution in [3.8, 4) is 11.5 Å². The second kappa shape index (κ2) is 7.43. The van der Waals surface area contributed by atoms with Gasteiger partial charge in [-0.2, -0.15) is 0 Å². The summed E-state index contributed by atoms with van der Waals surface area (Å²) in [4.78, 5) is 11.3. The lowest BCUT2D eigenvalue weighted by molar-refractivity contribution is -0.246. The number of benzene rings is 2. The summed E-state index contributed by atoms with van der Waals surface area (Å²) in [5.41, 5.74) is -1.65. The standard InChI is InChI=1S/C19H20O7/c1-24-14-7-8-15(16(21)9-14)19(23,12-5-3-2-4-6-12)17(22)18-25-10-13(20)11-26-18/h2-9,17-18,21-23H,10-11H2,1H3. The number of Topliss-reactive ketones (excluding diaryl/α,β-unsaturated/α-hetero) is 1. The van der Waals surface area contributed by atoms with Gasteiger partial charge in [-0.15, -0.1) is 0 Å². The Hall–Kier alpha value is -2.45. The number of ketones is 1. The molecule has 0 radical (unpaired) electrons. The number of hydrogen-bond donors (Lipinski definition) is 3. The first-order valence-corrected chi connectivity index (χ1v) is 8.05. The van der Waals surface area contributed by atoms with Crippen LogP contribution in [0.25, 0.3) is 0 Å². The Morgan fingerprint density at radius 1 is 1.15 bits per heavy atom. The van der Waals surface area contributed by atoms with Crippen LogP contribution >= 0.6 is 0 Å². The predicted octanol–water partition coefficient (Wildman–Crippen LogP) is 0.940. The van der Waals surface area contributed by atoms with Crippen LogP contribution in [0.4, 0.5) is 0 Å². The summed E-state index contributed by atoms with van der Waals surface area (Å²) in [6, 6.07) is 12.7. The zero-order valence-corrected chi connectivity index (χ0v) is 14.2. The molecule has 1 heterocycles. The lowest BCUT2D eigenvalue weighted by Gasteiger charge is -2.39. The van der Waals surface area contributed by atoms with Gasteiger partial charge in [0.15, 0.2) is 12.1 Å². The molecule has 1 fully saturated rings. The van der Waals surface area contributed by atoms with Crippen LogP contribution in [0.3, 0.4) is 0 Å². The van der Waals surface area contributed by atoms with Crippen molar-refractivity contribution in [2.24, 2.45) is 0 Å². The van der Waals surface area contributed by atoms with Crippen molar-refractivity contribution in [2.75, 3.05) is 20.3 Å². The topological polar surface area (TPSA) is 105 Å². The Morgan fingerprint density at radius 2 is 1.81 bits per heavy atom. The van der Waals surface area contributed by atoms with Gasteiger partial charge in [-0.25, -0.2) is 0 Å². The fourth-order valence-electron chi connectivity index (χ4n) is 2.96. The molecule has 7 nitrogen and oxygen atoms in total. The second-order valence-electron chi connectivity index (χ2n) is 5.99. The SMILES string of the molecule is COc1ccc(C(O)(c2ccccc2)C(O)C2OCC(=O)CO2)c(O)c1. The fraction of sp³-hybridized carbons (Fsp3) is 0.316. The Kier molecular flexibility index (Phi) is 5.24. The van der Waals surface area contributed by atoms with Crippen molar-refractivity contribution in [3.63, 3.8) is 0 Å². The highest BCUT2D eigenvalue weighted by Gasteiger charge is 2.47. The monoisotopic (exact) mass is 360 g/mol. The number of carbonyl (C=O) groups is 1. The van der Waals surface area contributed by atoms with Gasteiger partial charge in [0.05, 0.1) is 7.11 Å². The molecule has 138 valence electrons. The van der Waals surface area contributed by atoms with Gasteiger partial charge in [-0.05, 0) is 17.7 Å². The number of ether oxygens (including phenoxy) is 3. The lowest BCUT2D eigenvalue weighted by atomic mass is 9.80. The fourth-order valence-corrected chi connectivity index (χ4v) is 2.96. The van der Waals surface area contributed by atoms with Crippen LogP contribution in [0.1, 0.15) is 11.1 Å². The van der Waals surface area contributed by atoms with E-state index >= 15 is 0 Å². The minimum atomic E-state index is -2.04. The highest BCUT2D eigenvalue weighted by atomic mass is 16.7. The molecule has 2 aromatic carbocycles. The molecule has 2 atom stereocenters. The van der Waals surface area contributed by atoms with E-state index in [9.17, 15) is 20.1 Å². The van der Waals surface area contributed by atoms with Crippen molar-refractivity contribution >= 4 is 5.78 Å². The van der Waals surface area contributed by atoms with Crippen molar-refractivity contribution in [3.05, 3.63) is 59.7 Å². The van der Waals surface area contributed by atoms with E-state index in [2.05, 4.69) is 0 Å².